The average molecular weight is 460 g/mol. The van der Waals surface area contributed by atoms with E-state index in [2.05, 4.69) is 29.4 Å². The Kier molecular flexibility index (Phi) is 5.54. The fourth-order valence-corrected chi connectivity index (χ4v) is 8.96. The summed E-state index contributed by atoms with van der Waals surface area (Å²) in [7, 11) is 1.68. The lowest BCUT2D eigenvalue weighted by molar-refractivity contribution is -0.169. The van der Waals surface area contributed by atoms with Crippen LogP contribution in [-0.2, 0) is 16.1 Å². The number of fused-ring (bicyclic) bond motifs is 5. The molecule has 3 unspecified atom stereocenters. The Hall–Kier alpha value is -1.38. The number of nitrogens with zero attached hydrogens (tertiary/aromatic N) is 4. The molecular formula is C25H41N5O3. The first-order valence-corrected chi connectivity index (χ1v) is 12.8. The number of aryl methyl sites for hydroxylation is 1. The summed E-state index contributed by atoms with van der Waals surface area (Å²) in [6, 6.07) is 0. The van der Waals surface area contributed by atoms with Crippen molar-refractivity contribution in [2.24, 2.45) is 40.2 Å². The van der Waals surface area contributed by atoms with E-state index in [-0.39, 0.29) is 34.6 Å². The molecule has 8 heteroatoms. The molecule has 4 saturated carbocycles. The zero-order valence-electron chi connectivity index (χ0n) is 20.7. The number of aromatic nitrogens is 4. The number of hydrogen-bond acceptors (Lipinski definition) is 7. The summed E-state index contributed by atoms with van der Waals surface area (Å²) in [6.07, 6.45) is 8.80. The van der Waals surface area contributed by atoms with Crippen molar-refractivity contribution >= 4 is 5.78 Å². The molecule has 4 aliphatic carbocycles. The standard InChI is InChI=1S/C25H41N5O3/c1-16-27-28-29-30(16)14-21(31)20-8-10-25(26)19-6-5-17-13-24(32,15-33-4)12-11-22(17,2)18(19)7-9-23(20,25)3/h17-20,32H,5-15,26H2,1-4H3/t17-,18-,19?,20+,22?,23?,24+,25+/m0/s1. The van der Waals surface area contributed by atoms with E-state index < -0.39 is 5.60 Å². The van der Waals surface area contributed by atoms with Gasteiger partial charge in [-0.3, -0.25) is 4.79 Å². The van der Waals surface area contributed by atoms with Crippen LogP contribution >= 0.6 is 0 Å². The maximum Gasteiger partial charge on any atom is 0.158 e. The molecule has 0 saturated heterocycles. The van der Waals surface area contributed by atoms with E-state index in [1.165, 1.54) is 0 Å². The average Bonchev–Trinajstić information content (AvgIpc) is 3.28. The maximum atomic E-state index is 13.4. The number of carbonyl (C=O) groups is 1. The lowest BCUT2D eigenvalue weighted by Gasteiger charge is -2.65. The molecule has 184 valence electrons. The van der Waals surface area contributed by atoms with Gasteiger partial charge in [-0.2, -0.15) is 0 Å². The SMILES string of the molecule is COC[C@@]1(O)CCC2(C)[C@@H](CCC3[C@@H]2CCC2(C)[C@@H](C(=O)Cn4nnnc4C)CC[C@@]32N)C1. The molecule has 8 atom stereocenters. The summed E-state index contributed by atoms with van der Waals surface area (Å²) in [5, 5.41) is 22.7. The van der Waals surface area contributed by atoms with Crippen LogP contribution in [0.25, 0.3) is 0 Å². The number of ether oxygens (including phenoxy) is 1. The molecule has 4 fully saturated rings. The number of nitrogens with two attached hydrogens (primary N) is 1. The van der Waals surface area contributed by atoms with E-state index in [1.807, 2.05) is 6.92 Å². The van der Waals surface area contributed by atoms with Crippen LogP contribution in [-0.4, -0.2) is 56.0 Å². The van der Waals surface area contributed by atoms with Gasteiger partial charge in [-0.1, -0.05) is 13.8 Å². The Balaban J connectivity index is 1.37. The van der Waals surface area contributed by atoms with Gasteiger partial charge in [0.25, 0.3) is 0 Å². The molecule has 0 amide bonds. The highest BCUT2D eigenvalue weighted by Gasteiger charge is 2.67. The number of rotatable bonds is 5. The van der Waals surface area contributed by atoms with Gasteiger partial charge in [0.1, 0.15) is 12.4 Å². The predicted octanol–water partition coefficient (Wildman–Crippen LogP) is 2.67. The summed E-state index contributed by atoms with van der Waals surface area (Å²) < 4.78 is 6.97. The molecule has 5 rings (SSSR count). The van der Waals surface area contributed by atoms with E-state index in [0.717, 1.165) is 57.8 Å². The molecule has 1 aromatic heterocycles. The van der Waals surface area contributed by atoms with Crippen LogP contribution in [0.1, 0.15) is 77.5 Å². The molecule has 33 heavy (non-hydrogen) atoms. The minimum absolute atomic E-state index is 0.0317. The minimum Gasteiger partial charge on any atom is -0.387 e. The smallest absolute Gasteiger partial charge is 0.158 e. The molecule has 1 aromatic rings. The first-order valence-electron chi connectivity index (χ1n) is 12.8. The van der Waals surface area contributed by atoms with Gasteiger partial charge in [-0.15, -0.1) is 5.10 Å². The number of ketones is 1. The number of hydrogen-bond donors (Lipinski definition) is 2. The molecule has 0 spiro atoms. The quantitative estimate of drug-likeness (QED) is 0.695. The summed E-state index contributed by atoms with van der Waals surface area (Å²) >= 11 is 0. The summed E-state index contributed by atoms with van der Waals surface area (Å²) in [5.41, 5.74) is 6.44. The van der Waals surface area contributed by atoms with Crippen molar-refractivity contribution in [2.45, 2.75) is 96.2 Å². The number of tetrazole rings is 1. The second kappa shape index (κ2) is 7.82. The third-order valence-electron chi connectivity index (χ3n) is 11.0. The van der Waals surface area contributed by atoms with E-state index in [0.29, 0.717) is 30.2 Å². The van der Waals surface area contributed by atoms with Gasteiger partial charge in [0.15, 0.2) is 5.78 Å². The van der Waals surface area contributed by atoms with Crippen LogP contribution in [0.5, 0.6) is 0 Å². The number of methoxy groups -OCH3 is 1. The van der Waals surface area contributed by atoms with Gasteiger partial charge in [0, 0.05) is 18.6 Å². The molecule has 0 aromatic carbocycles. The number of Topliss-reactive ketones (excluding diaryl/α,β-unsaturated/α-hetero) is 1. The Morgan fingerprint density at radius 2 is 1.94 bits per heavy atom. The molecule has 8 nitrogen and oxygen atoms in total. The summed E-state index contributed by atoms with van der Waals surface area (Å²) in [5.74, 6) is 2.39. The molecule has 4 aliphatic rings. The molecule has 3 N–H and O–H groups in total. The predicted molar refractivity (Wildman–Crippen MR) is 123 cm³/mol. The van der Waals surface area contributed by atoms with Crippen molar-refractivity contribution in [1.29, 1.82) is 0 Å². The van der Waals surface area contributed by atoms with Crippen LogP contribution < -0.4 is 5.73 Å². The summed E-state index contributed by atoms with van der Waals surface area (Å²) in [6.45, 7) is 7.25. The Bertz CT molecular complexity index is 922. The van der Waals surface area contributed by atoms with Gasteiger partial charge < -0.3 is 15.6 Å². The molecule has 0 bridgehead atoms. The Morgan fingerprint density at radius 3 is 2.64 bits per heavy atom. The van der Waals surface area contributed by atoms with Crippen LogP contribution in [0.3, 0.4) is 0 Å². The molecule has 1 heterocycles. The van der Waals surface area contributed by atoms with Gasteiger partial charge in [-0.25, -0.2) is 4.68 Å². The summed E-state index contributed by atoms with van der Waals surface area (Å²) in [4.78, 5) is 13.4. The minimum atomic E-state index is -0.686. The molecule has 0 aliphatic heterocycles. The van der Waals surface area contributed by atoms with Crippen molar-refractivity contribution in [1.82, 2.24) is 20.2 Å². The van der Waals surface area contributed by atoms with Crippen molar-refractivity contribution < 1.29 is 14.6 Å². The van der Waals surface area contributed by atoms with Gasteiger partial charge in [0.2, 0.25) is 0 Å². The zero-order valence-corrected chi connectivity index (χ0v) is 20.7. The van der Waals surface area contributed by atoms with Gasteiger partial charge in [0.05, 0.1) is 12.2 Å². The van der Waals surface area contributed by atoms with Crippen molar-refractivity contribution in [3.63, 3.8) is 0 Å². The number of aliphatic hydroxyl groups is 1. The normalized spacial score (nSPS) is 47.0. The Morgan fingerprint density at radius 1 is 1.15 bits per heavy atom. The monoisotopic (exact) mass is 459 g/mol. The largest absolute Gasteiger partial charge is 0.387 e. The highest BCUT2D eigenvalue weighted by molar-refractivity contribution is 5.82. The Labute approximate surface area is 197 Å². The lowest BCUT2D eigenvalue weighted by Crippen LogP contribution is -2.67. The van der Waals surface area contributed by atoms with Crippen molar-refractivity contribution in [3.8, 4) is 0 Å². The fraction of sp³-hybridized carbons (Fsp3) is 0.920. The van der Waals surface area contributed by atoms with E-state index >= 15 is 0 Å². The first-order chi connectivity index (χ1) is 15.6. The molecular weight excluding hydrogens is 418 g/mol. The van der Waals surface area contributed by atoms with Gasteiger partial charge >= 0.3 is 0 Å². The number of carbonyl (C=O) groups excluding carboxylic acids is 1. The zero-order chi connectivity index (χ0) is 23.6. The third kappa shape index (κ3) is 3.34. The lowest BCUT2D eigenvalue weighted by atomic mass is 9.42. The topological polar surface area (TPSA) is 116 Å². The fourth-order valence-electron chi connectivity index (χ4n) is 8.96. The van der Waals surface area contributed by atoms with Crippen LogP contribution in [0.15, 0.2) is 0 Å². The van der Waals surface area contributed by atoms with E-state index in [9.17, 15) is 9.90 Å². The first kappa shape index (κ1) is 23.4. The van der Waals surface area contributed by atoms with E-state index in [1.54, 1.807) is 11.8 Å². The van der Waals surface area contributed by atoms with E-state index in [4.69, 9.17) is 10.5 Å². The van der Waals surface area contributed by atoms with Crippen LogP contribution in [0.2, 0.25) is 0 Å². The van der Waals surface area contributed by atoms with Crippen LogP contribution in [0.4, 0.5) is 0 Å². The van der Waals surface area contributed by atoms with Gasteiger partial charge in [-0.05, 0) is 104 Å². The highest BCUT2D eigenvalue weighted by atomic mass is 16.5. The molecule has 0 radical (unpaired) electrons. The maximum absolute atomic E-state index is 13.4. The highest BCUT2D eigenvalue weighted by Crippen LogP contribution is 2.68. The third-order valence-corrected chi connectivity index (χ3v) is 11.0. The van der Waals surface area contributed by atoms with Crippen LogP contribution in [0, 0.1) is 41.4 Å². The second-order valence-corrected chi connectivity index (χ2v) is 12.3. The van der Waals surface area contributed by atoms with Crippen molar-refractivity contribution in [2.75, 3.05) is 13.7 Å². The van der Waals surface area contributed by atoms with Crippen molar-refractivity contribution in [3.05, 3.63) is 5.82 Å². The second-order valence-electron chi connectivity index (χ2n) is 12.3.